The molecule has 11 nitrogen and oxygen atoms in total. The molecule has 3 aliphatic heterocycles. The highest BCUT2D eigenvalue weighted by Crippen LogP contribution is 2.49. The van der Waals surface area contributed by atoms with E-state index in [1.165, 1.54) is 6.26 Å². The zero-order valence-corrected chi connectivity index (χ0v) is 31.3. The van der Waals surface area contributed by atoms with Gasteiger partial charge in [0.1, 0.15) is 47.3 Å². The van der Waals surface area contributed by atoms with Gasteiger partial charge in [0.25, 0.3) is 5.91 Å². The number of aryl methyl sites for hydroxylation is 1. The Bertz CT molecular complexity index is 2430. The number of thiophene rings is 1. The predicted molar refractivity (Wildman–Crippen MR) is 196 cm³/mol. The van der Waals surface area contributed by atoms with Crippen molar-refractivity contribution in [3.8, 4) is 23.2 Å². The summed E-state index contributed by atoms with van der Waals surface area (Å²) in [6.45, 7) is 6.48. The number of fused-ring (bicyclic) bond motifs is 3. The van der Waals surface area contributed by atoms with Gasteiger partial charge in [0.2, 0.25) is 0 Å². The number of alkyl halides is 4. The molecule has 0 bridgehead atoms. The molecule has 294 valence electrons. The first-order valence-electron chi connectivity index (χ1n) is 18.2. The molecule has 2 aromatic carbocycles. The Kier molecular flexibility index (Phi) is 9.30. The number of hydrogen-bond acceptors (Lipinski definition) is 11. The number of oxazole rings is 1. The number of amides is 1. The summed E-state index contributed by atoms with van der Waals surface area (Å²) in [5.74, 6) is -2.39. The largest absolute Gasteiger partial charge is 0.461 e. The Labute approximate surface area is 320 Å². The Hall–Kier alpha value is -5.15. The summed E-state index contributed by atoms with van der Waals surface area (Å²) in [6.07, 6.45) is -2.92. The first-order valence-corrected chi connectivity index (χ1v) is 19.0. The topological polar surface area (TPSA) is 138 Å². The van der Waals surface area contributed by atoms with Crippen molar-refractivity contribution in [1.82, 2.24) is 24.8 Å². The van der Waals surface area contributed by atoms with Crippen LogP contribution in [0.4, 0.5) is 37.2 Å². The van der Waals surface area contributed by atoms with E-state index in [0.717, 1.165) is 24.6 Å². The molecule has 3 saturated heterocycles. The molecule has 3 aliphatic rings. The van der Waals surface area contributed by atoms with Crippen LogP contribution in [0.5, 0.6) is 6.01 Å². The lowest BCUT2D eigenvalue weighted by Crippen LogP contribution is -2.46. The van der Waals surface area contributed by atoms with Gasteiger partial charge >= 0.3 is 12.2 Å². The van der Waals surface area contributed by atoms with Crippen LogP contribution >= 0.6 is 11.3 Å². The maximum absolute atomic E-state index is 17.4. The van der Waals surface area contributed by atoms with E-state index in [4.69, 9.17) is 14.9 Å². The number of halogens is 6. The number of carbonyl (C=O) groups is 1. The molecule has 18 heteroatoms. The fraction of sp³-hybridized carbons (Fsp3) is 0.447. The van der Waals surface area contributed by atoms with E-state index in [2.05, 4.69) is 15.0 Å². The fourth-order valence-corrected chi connectivity index (χ4v) is 9.84. The van der Waals surface area contributed by atoms with Crippen molar-refractivity contribution in [2.45, 2.75) is 76.4 Å². The summed E-state index contributed by atoms with van der Waals surface area (Å²) in [6, 6.07) is 3.13. The zero-order chi connectivity index (χ0) is 39.8. The lowest BCUT2D eigenvalue weighted by Gasteiger charge is -2.35. The second-order valence-electron chi connectivity index (χ2n) is 14.6. The van der Waals surface area contributed by atoms with Gasteiger partial charge in [-0.1, -0.05) is 6.07 Å². The van der Waals surface area contributed by atoms with Crippen molar-refractivity contribution >= 4 is 49.1 Å². The van der Waals surface area contributed by atoms with E-state index in [1.807, 2.05) is 11.0 Å². The number of nitrogen functional groups attached to an aromatic ring is 1. The molecule has 3 fully saturated rings. The molecule has 0 spiro atoms. The fourth-order valence-electron chi connectivity index (χ4n) is 8.89. The highest BCUT2D eigenvalue weighted by atomic mass is 32.1. The second-order valence-corrected chi connectivity index (χ2v) is 15.6. The minimum Gasteiger partial charge on any atom is -0.461 e. The van der Waals surface area contributed by atoms with Crippen molar-refractivity contribution in [2.24, 2.45) is 0 Å². The molecule has 4 unspecified atom stereocenters. The summed E-state index contributed by atoms with van der Waals surface area (Å²) in [4.78, 5) is 31.9. The van der Waals surface area contributed by atoms with Crippen molar-refractivity contribution in [1.29, 1.82) is 5.26 Å². The Balaban J connectivity index is 1.31. The summed E-state index contributed by atoms with van der Waals surface area (Å²) in [5.41, 5.74) is 1.90. The zero-order valence-electron chi connectivity index (χ0n) is 30.5. The Morgan fingerprint density at radius 2 is 2.02 bits per heavy atom. The summed E-state index contributed by atoms with van der Waals surface area (Å²) < 4.78 is 104. The van der Waals surface area contributed by atoms with E-state index in [9.17, 15) is 14.4 Å². The van der Waals surface area contributed by atoms with Crippen LogP contribution in [-0.4, -0.2) is 87.2 Å². The number of anilines is 2. The van der Waals surface area contributed by atoms with Crippen LogP contribution in [0.15, 0.2) is 28.9 Å². The second kappa shape index (κ2) is 13.8. The van der Waals surface area contributed by atoms with Crippen LogP contribution in [-0.2, 0) is 6.18 Å². The SMILES string of the molecule is CCN(c1nc(OCC23CCCN2CC(F)C3)nc2c(F)c(-c3ccc(F)c4sc(N)c(C#N)c34)c(C(F)(F)F)cc12)C1CCN(C(=O)c2coc(C)n2)C1C. The average molecular weight is 799 g/mol. The Morgan fingerprint density at radius 3 is 2.71 bits per heavy atom. The number of likely N-dealkylation sites (tertiary alicyclic amines) is 1. The third kappa shape index (κ3) is 6.06. The number of rotatable bonds is 8. The van der Waals surface area contributed by atoms with Gasteiger partial charge in [-0.15, -0.1) is 11.3 Å². The molecule has 8 rings (SSSR count). The van der Waals surface area contributed by atoms with Crippen molar-refractivity contribution in [2.75, 3.05) is 43.4 Å². The van der Waals surface area contributed by atoms with Crippen molar-refractivity contribution in [3.63, 3.8) is 0 Å². The van der Waals surface area contributed by atoms with Gasteiger partial charge in [-0.05, 0) is 57.4 Å². The van der Waals surface area contributed by atoms with Gasteiger partial charge < -0.3 is 24.7 Å². The molecular formula is C38H36F6N8O3S. The summed E-state index contributed by atoms with van der Waals surface area (Å²) >= 11 is 0.672. The van der Waals surface area contributed by atoms with Crippen molar-refractivity contribution < 1.29 is 40.3 Å². The molecule has 5 aromatic rings. The lowest BCUT2D eigenvalue weighted by molar-refractivity contribution is -0.137. The van der Waals surface area contributed by atoms with Gasteiger partial charge in [0.15, 0.2) is 17.4 Å². The van der Waals surface area contributed by atoms with E-state index in [1.54, 1.807) is 30.6 Å². The molecule has 4 atom stereocenters. The molecular weight excluding hydrogens is 763 g/mol. The van der Waals surface area contributed by atoms with E-state index in [0.29, 0.717) is 36.6 Å². The lowest BCUT2D eigenvalue weighted by atomic mass is 9.92. The number of hydrogen-bond donors (Lipinski definition) is 1. The molecule has 0 saturated carbocycles. The predicted octanol–water partition coefficient (Wildman–Crippen LogP) is 7.64. The molecule has 0 radical (unpaired) electrons. The quantitative estimate of drug-likeness (QED) is 0.156. The number of nitrogens with two attached hydrogens (primary N) is 1. The summed E-state index contributed by atoms with van der Waals surface area (Å²) in [7, 11) is 0. The highest BCUT2D eigenvalue weighted by Gasteiger charge is 2.50. The number of carbonyl (C=O) groups excluding carboxylic acids is 1. The van der Waals surface area contributed by atoms with E-state index in [-0.39, 0.29) is 82.1 Å². The van der Waals surface area contributed by atoms with E-state index < -0.39 is 63.8 Å². The third-order valence-corrected chi connectivity index (χ3v) is 12.5. The maximum atomic E-state index is 17.4. The molecule has 1 amide bonds. The van der Waals surface area contributed by atoms with Gasteiger partial charge in [0.05, 0.1) is 27.4 Å². The van der Waals surface area contributed by atoms with Crippen molar-refractivity contribution in [3.05, 3.63) is 58.8 Å². The van der Waals surface area contributed by atoms with Crippen LogP contribution in [0.25, 0.3) is 32.1 Å². The van der Waals surface area contributed by atoms with Crippen LogP contribution < -0.4 is 15.4 Å². The van der Waals surface area contributed by atoms with Crippen LogP contribution in [0.2, 0.25) is 0 Å². The van der Waals surface area contributed by atoms with Gasteiger partial charge in [-0.3, -0.25) is 9.69 Å². The maximum Gasteiger partial charge on any atom is 0.417 e. The molecule has 3 aromatic heterocycles. The minimum atomic E-state index is -5.15. The van der Waals surface area contributed by atoms with Crippen LogP contribution in [0, 0.1) is 29.9 Å². The third-order valence-electron chi connectivity index (χ3n) is 11.5. The smallest absolute Gasteiger partial charge is 0.417 e. The monoisotopic (exact) mass is 798 g/mol. The minimum absolute atomic E-state index is 0.0445. The number of ether oxygens (including phenoxy) is 1. The number of benzene rings is 2. The first-order chi connectivity index (χ1) is 26.7. The number of aromatic nitrogens is 3. The standard InChI is InChI=1S/C38H36F6N8O3S/c1-4-51(27-8-11-52(18(27)2)35(53)26-16-54-19(3)47-26)34-22-12-24(38(42,43)44)29(21-6-7-25(40)32-28(21)23(14-45)33(46)56-32)30(41)31(22)48-36(49-34)55-17-37-9-5-10-50(37)15-20(39)13-37/h6-7,12,16,18,20,27H,4-5,8-11,13,15,17,46H2,1-3H3. The van der Waals surface area contributed by atoms with Gasteiger partial charge in [0, 0.05) is 55.4 Å². The van der Waals surface area contributed by atoms with Crippen LogP contribution in [0.1, 0.15) is 67.0 Å². The van der Waals surface area contributed by atoms with E-state index >= 15 is 22.0 Å². The molecule has 0 aliphatic carbocycles. The normalized spacial score (nSPS) is 22.6. The molecule has 2 N–H and O–H groups in total. The number of nitrogens with zero attached hydrogens (tertiary/aromatic N) is 7. The van der Waals surface area contributed by atoms with Gasteiger partial charge in [-0.2, -0.15) is 28.4 Å². The Morgan fingerprint density at radius 1 is 1.23 bits per heavy atom. The molecule has 6 heterocycles. The van der Waals surface area contributed by atoms with Gasteiger partial charge in [-0.25, -0.2) is 18.2 Å². The average Bonchev–Trinajstić information content (AvgIpc) is 3.97. The molecule has 56 heavy (non-hydrogen) atoms. The number of nitriles is 1. The first kappa shape index (κ1) is 37.8. The van der Waals surface area contributed by atoms with Crippen LogP contribution in [0.3, 0.4) is 0 Å². The highest BCUT2D eigenvalue weighted by molar-refractivity contribution is 7.23. The number of likely N-dealkylation sites (N-methyl/N-ethyl adjacent to an activating group) is 1. The summed E-state index contributed by atoms with van der Waals surface area (Å²) in [5, 5.41) is 9.23.